The summed E-state index contributed by atoms with van der Waals surface area (Å²) in [5, 5.41) is 20.3. The van der Waals surface area contributed by atoms with Gasteiger partial charge in [0.15, 0.2) is 5.78 Å². The fourth-order valence-electron chi connectivity index (χ4n) is 6.74. The van der Waals surface area contributed by atoms with Crippen molar-refractivity contribution in [2.24, 2.45) is 22.7 Å². The summed E-state index contributed by atoms with van der Waals surface area (Å²) in [6.45, 7) is 4.77. The Bertz CT molecular complexity index is 768. The van der Waals surface area contributed by atoms with E-state index >= 15 is 0 Å². The molecule has 27 heavy (non-hydrogen) atoms. The molecule has 0 heterocycles. The summed E-state index contributed by atoms with van der Waals surface area (Å²) < 4.78 is 4.82. The molecule has 0 radical (unpaired) electrons. The Hall–Kier alpha value is -1.75. The number of ketones is 1. The predicted octanol–water partition coefficient (Wildman–Crippen LogP) is 3.36. The maximum absolute atomic E-state index is 12.0. The minimum absolute atomic E-state index is 0.0132. The Labute approximate surface area is 160 Å². The lowest BCUT2D eigenvalue weighted by Gasteiger charge is -2.62. The largest absolute Gasteiger partial charge is 0.461 e. The van der Waals surface area contributed by atoms with Gasteiger partial charge in [-0.15, -0.1) is 0 Å². The number of rotatable bonds is 4. The molecule has 2 saturated carbocycles. The number of carbonyl (C=O) groups excluding carboxylic acids is 2. The summed E-state index contributed by atoms with van der Waals surface area (Å²) >= 11 is 0. The molecule has 2 N–H and O–H groups in total. The third kappa shape index (κ3) is 2.43. The second kappa shape index (κ2) is 6.13. The van der Waals surface area contributed by atoms with Gasteiger partial charge >= 0.3 is 0 Å². The van der Waals surface area contributed by atoms with Gasteiger partial charge < -0.3 is 15.3 Å². The van der Waals surface area contributed by atoms with Gasteiger partial charge in [0.1, 0.15) is 6.61 Å². The van der Waals surface area contributed by atoms with Crippen LogP contribution in [0.2, 0.25) is 0 Å². The third-order valence-corrected chi connectivity index (χ3v) is 8.35. The van der Waals surface area contributed by atoms with Gasteiger partial charge in [-0.05, 0) is 67.4 Å². The van der Waals surface area contributed by atoms with Gasteiger partial charge in [0.25, 0.3) is 6.47 Å². The zero-order valence-electron chi connectivity index (χ0n) is 16.2. The molecular formula is C22H29NO4. The standard InChI is InChI=1S/C22H29NO4/c1-20-9-10-22(26)17(4-3-14-11-15(25)7-8-21(14,22)2)16(20)5-6-18(20)19(23)12-27-13-24/h6,11,13,16-17,23,26H,3-5,7-10,12H2,1-2H3/t16-,17-,20-,21-,22+/m0/s1. The summed E-state index contributed by atoms with van der Waals surface area (Å²) in [6, 6.07) is 0. The van der Waals surface area contributed by atoms with Crippen molar-refractivity contribution in [2.45, 2.75) is 64.4 Å². The average molecular weight is 371 g/mol. The van der Waals surface area contributed by atoms with Crippen LogP contribution in [-0.2, 0) is 14.3 Å². The molecule has 4 aliphatic carbocycles. The van der Waals surface area contributed by atoms with Gasteiger partial charge in [0, 0.05) is 11.8 Å². The first-order chi connectivity index (χ1) is 12.8. The van der Waals surface area contributed by atoms with E-state index in [4.69, 9.17) is 10.1 Å². The quantitative estimate of drug-likeness (QED) is 0.586. The molecule has 2 fully saturated rings. The van der Waals surface area contributed by atoms with Crippen LogP contribution in [-0.4, -0.2) is 35.3 Å². The van der Waals surface area contributed by atoms with Crippen LogP contribution in [0.3, 0.4) is 0 Å². The second-order valence-corrected chi connectivity index (χ2v) is 9.30. The summed E-state index contributed by atoms with van der Waals surface area (Å²) in [7, 11) is 0. The van der Waals surface area contributed by atoms with Crippen molar-refractivity contribution in [3.05, 3.63) is 23.3 Å². The van der Waals surface area contributed by atoms with E-state index in [-0.39, 0.29) is 29.1 Å². The van der Waals surface area contributed by atoms with E-state index in [0.717, 1.165) is 43.3 Å². The van der Waals surface area contributed by atoms with E-state index in [9.17, 15) is 14.7 Å². The van der Waals surface area contributed by atoms with Crippen LogP contribution in [0.5, 0.6) is 0 Å². The van der Waals surface area contributed by atoms with Crippen LogP contribution >= 0.6 is 0 Å². The lowest BCUT2D eigenvalue weighted by molar-refractivity contribution is -0.184. The average Bonchev–Trinajstić information content (AvgIpc) is 2.98. The lowest BCUT2D eigenvalue weighted by Crippen LogP contribution is -2.63. The Morgan fingerprint density at radius 1 is 1.30 bits per heavy atom. The molecule has 0 unspecified atom stereocenters. The number of hydrogen-bond acceptors (Lipinski definition) is 5. The minimum atomic E-state index is -0.785. The van der Waals surface area contributed by atoms with Crippen molar-refractivity contribution >= 4 is 18.0 Å². The van der Waals surface area contributed by atoms with E-state index in [2.05, 4.69) is 19.9 Å². The van der Waals surface area contributed by atoms with E-state index < -0.39 is 5.60 Å². The molecule has 0 aromatic heterocycles. The fourth-order valence-corrected chi connectivity index (χ4v) is 6.74. The number of hydrogen-bond donors (Lipinski definition) is 2. The molecule has 4 aliphatic rings. The molecule has 5 heteroatoms. The van der Waals surface area contributed by atoms with Gasteiger partial charge in [0.2, 0.25) is 0 Å². The molecule has 0 aromatic carbocycles. The molecular weight excluding hydrogens is 342 g/mol. The third-order valence-electron chi connectivity index (χ3n) is 8.35. The number of aliphatic hydroxyl groups is 1. The molecule has 5 atom stereocenters. The van der Waals surface area contributed by atoms with E-state index in [1.165, 1.54) is 0 Å². The highest BCUT2D eigenvalue weighted by molar-refractivity contribution is 6.00. The summed E-state index contributed by atoms with van der Waals surface area (Å²) in [6.07, 6.45) is 9.32. The van der Waals surface area contributed by atoms with Gasteiger partial charge in [-0.2, -0.15) is 0 Å². The zero-order chi connectivity index (χ0) is 19.4. The lowest BCUT2D eigenvalue weighted by atomic mass is 9.44. The highest BCUT2D eigenvalue weighted by Crippen LogP contribution is 2.67. The van der Waals surface area contributed by atoms with Gasteiger partial charge in [-0.1, -0.05) is 25.5 Å². The molecule has 0 aromatic rings. The Balaban J connectivity index is 1.65. The molecule has 0 bridgehead atoms. The molecule has 0 aliphatic heterocycles. The molecule has 146 valence electrons. The van der Waals surface area contributed by atoms with Crippen LogP contribution in [0.4, 0.5) is 0 Å². The van der Waals surface area contributed by atoms with Crippen LogP contribution in [0.1, 0.15) is 58.8 Å². The Kier molecular flexibility index (Phi) is 4.22. The normalized spacial score (nSPS) is 43.0. The minimum Gasteiger partial charge on any atom is -0.461 e. The highest BCUT2D eigenvalue weighted by atomic mass is 16.5. The molecule has 4 rings (SSSR count). The smallest absolute Gasteiger partial charge is 0.293 e. The number of allylic oxidation sites excluding steroid dienone is 2. The van der Waals surface area contributed by atoms with Crippen molar-refractivity contribution < 1.29 is 19.4 Å². The van der Waals surface area contributed by atoms with Gasteiger partial charge in [0.05, 0.1) is 11.3 Å². The summed E-state index contributed by atoms with van der Waals surface area (Å²) in [5.41, 5.74) is 1.25. The first-order valence-electron chi connectivity index (χ1n) is 10.1. The van der Waals surface area contributed by atoms with Crippen LogP contribution in [0, 0.1) is 28.1 Å². The first-order valence-corrected chi connectivity index (χ1v) is 10.1. The van der Waals surface area contributed by atoms with E-state index in [1.807, 2.05) is 0 Å². The number of nitrogens with one attached hydrogen (secondary N) is 1. The molecule has 5 nitrogen and oxygen atoms in total. The van der Waals surface area contributed by atoms with Crippen LogP contribution < -0.4 is 0 Å². The maximum Gasteiger partial charge on any atom is 0.293 e. The van der Waals surface area contributed by atoms with Crippen molar-refractivity contribution in [1.29, 1.82) is 5.41 Å². The zero-order valence-corrected chi connectivity index (χ0v) is 16.2. The highest BCUT2D eigenvalue weighted by Gasteiger charge is 2.64. The monoisotopic (exact) mass is 371 g/mol. The Morgan fingerprint density at radius 2 is 2.07 bits per heavy atom. The van der Waals surface area contributed by atoms with Crippen molar-refractivity contribution in [2.75, 3.05) is 6.61 Å². The summed E-state index contributed by atoms with van der Waals surface area (Å²) in [4.78, 5) is 22.4. The topological polar surface area (TPSA) is 87.5 Å². The number of carbonyl (C=O) groups is 2. The molecule has 0 saturated heterocycles. The van der Waals surface area contributed by atoms with E-state index in [1.54, 1.807) is 6.08 Å². The van der Waals surface area contributed by atoms with Crippen molar-refractivity contribution in [1.82, 2.24) is 0 Å². The van der Waals surface area contributed by atoms with Gasteiger partial charge in [-0.3, -0.25) is 9.59 Å². The summed E-state index contributed by atoms with van der Waals surface area (Å²) in [5.74, 6) is 0.651. The van der Waals surface area contributed by atoms with Crippen molar-refractivity contribution in [3.63, 3.8) is 0 Å². The maximum atomic E-state index is 12.0. The molecule has 0 amide bonds. The number of ether oxygens (including phenoxy) is 1. The SMILES string of the molecule is C[C@]12CCC(=O)C=C1CC[C@H]1[C@@H]3CC=C(C(=N)COC=O)[C@@]3(C)CC[C@@]12O. The first kappa shape index (κ1) is 18.6. The van der Waals surface area contributed by atoms with Crippen molar-refractivity contribution in [3.8, 4) is 0 Å². The van der Waals surface area contributed by atoms with Crippen LogP contribution in [0.15, 0.2) is 23.3 Å². The van der Waals surface area contributed by atoms with Gasteiger partial charge in [-0.25, -0.2) is 0 Å². The molecule has 0 spiro atoms. The predicted molar refractivity (Wildman–Crippen MR) is 101 cm³/mol. The number of fused-ring (bicyclic) bond motifs is 5. The second-order valence-electron chi connectivity index (χ2n) is 9.30. The van der Waals surface area contributed by atoms with E-state index in [0.29, 0.717) is 30.9 Å². The Morgan fingerprint density at radius 3 is 2.81 bits per heavy atom. The fraction of sp³-hybridized carbons (Fsp3) is 0.682. The van der Waals surface area contributed by atoms with Crippen LogP contribution in [0.25, 0.3) is 0 Å².